The van der Waals surface area contributed by atoms with Gasteiger partial charge in [0.15, 0.2) is 11.6 Å². The second-order valence-corrected chi connectivity index (χ2v) is 8.84. The summed E-state index contributed by atoms with van der Waals surface area (Å²) in [6.07, 6.45) is 2.57. The Bertz CT molecular complexity index is 1220. The molecule has 2 aromatic heterocycles. The van der Waals surface area contributed by atoms with E-state index < -0.39 is 35.6 Å². The molecule has 33 heavy (non-hydrogen) atoms. The van der Waals surface area contributed by atoms with Crippen LogP contribution < -0.4 is 4.74 Å². The predicted molar refractivity (Wildman–Crippen MR) is 115 cm³/mol. The fourth-order valence-electron chi connectivity index (χ4n) is 3.83. The average Bonchev–Trinajstić information content (AvgIpc) is 3.39. The van der Waals surface area contributed by atoms with Crippen LogP contribution in [-0.2, 0) is 0 Å². The lowest BCUT2D eigenvalue weighted by Gasteiger charge is -2.41. The molecule has 2 aliphatic rings. The fraction of sp³-hybridized carbons (Fsp3) is 0.273. The predicted octanol–water partition coefficient (Wildman–Crippen LogP) is 4.55. The zero-order valence-corrected chi connectivity index (χ0v) is 18.2. The van der Waals surface area contributed by atoms with E-state index in [4.69, 9.17) is 4.74 Å². The Kier molecular flexibility index (Phi) is 5.49. The SMILES string of the molecule is Cc1scnc1-c1cc(OC2CN(C(=O)N3N=CCC3c3cc(F)cc(F)c3)C2)c(F)cn1. The molecule has 1 aromatic carbocycles. The van der Waals surface area contributed by atoms with Crippen molar-refractivity contribution >= 4 is 23.6 Å². The molecule has 7 nitrogen and oxygen atoms in total. The second-order valence-electron chi connectivity index (χ2n) is 7.78. The van der Waals surface area contributed by atoms with Crippen molar-refractivity contribution in [3.8, 4) is 17.1 Å². The van der Waals surface area contributed by atoms with Crippen molar-refractivity contribution < 1.29 is 22.7 Å². The number of urea groups is 1. The summed E-state index contributed by atoms with van der Waals surface area (Å²) < 4.78 is 47.3. The third kappa shape index (κ3) is 4.15. The maximum atomic E-state index is 14.3. The molecule has 2 amide bonds. The third-order valence-corrected chi connectivity index (χ3v) is 6.27. The Hall–Kier alpha value is -3.47. The molecule has 0 aliphatic carbocycles. The molecular formula is C22H18F3N5O2S. The molecule has 1 saturated heterocycles. The van der Waals surface area contributed by atoms with Gasteiger partial charge < -0.3 is 9.64 Å². The molecule has 0 spiro atoms. The first kappa shape index (κ1) is 21.4. The number of hydrogen-bond acceptors (Lipinski definition) is 6. The number of hydrogen-bond donors (Lipinski definition) is 0. The molecule has 0 bridgehead atoms. The van der Waals surface area contributed by atoms with E-state index in [-0.39, 0.29) is 18.8 Å². The molecule has 1 atom stereocenters. The van der Waals surface area contributed by atoms with E-state index in [2.05, 4.69) is 15.1 Å². The van der Waals surface area contributed by atoms with E-state index in [1.165, 1.54) is 45.7 Å². The van der Waals surface area contributed by atoms with E-state index in [0.29, 0.717) is 23.4 Å². The Balaban J connectivity index is 1.24. The molecule has 0 saturated carbocycles. The minimum atomic E-state index is -0.715. The van der Waals surface area contributed by atoms with Crippen LogP contribution >= 0.6 is 11.3 Å². The van der Waals surface area contributed by atoms with Gasteiger partial charge in [-0.1, -0.05) is 0 Å². The fourth-order valence-corrected chi connectivity index (χ4v) is 4.41. The number of amides is 2. The molecule has 1 unspecified atom stereocenters. The van der Waals surface area contributed by atoms with Gasteiger partial charge in [-0.15, -0.1) is 11.3 Å². The summed E-state index contributed by atoms with van der Waals surface area (Å²) in [4.78, 5) is 23.7. The highest BCUT2D eigenvalue weighted by atomic mass is 32.1. The lowest BCUT2D eigenvalue weighted by atomic mass is 10.0. The molecule has 0 N–H and O–H groups in total. The van der Waals surface area contributed by atoms with Gasteiger partial charge in [0.1, 0.15) is 23.4 Å². The Morgan fingerprint density at radius 2 is 1.88 bits per heavy atom. The average molecular weight is 473 g/mol. The van der Waals surface area contributed by atoms with E-state index in [9.17, 15) is 18.0 Å². The third-order valence-electron chi connectivity index (χ3n) is 5.52. The summed E-state index contributed by atoms with van der Waals surface area (Å²) >= 11 is 1.47. The number of halogens is 3. The number of aryl methyl sites for hydroxylation is 1. The van der Waals surface area contributed by atoms with Gasteiger partial charge in [-0.3, -0.25) is 4.98 Å². The van der Waals surface area contributed by atoms with Gasteiger partial charge in [-0.2, -0.15) is 5.10 Å². The van der Waals surface area contributed by atoms with E-state index in [1.54, 1.807) is 5.51 Å². The van der Waals surface area contributed by atoms with Crippen LogP contribution in [0.25, 0.3) is 11.4 Å². The van der Waals surface area contributed by atoms with Gasteiger partial charge in [-0.25, -0.2) is 28.0 Å². The van der Waals surface area contributed by atoms with Crippen molar-refractivity contribution in [2.75, 3.05) is 13.1 Å². The van der Waals surface area contributed by atoms with Crippen molar-refractivity contribution in [2.24, 2.45) is 5.10 Å². The van der Waals surface area contributed by atoms with Crippen molar-refractivity contribution in [3.63, 3.8) is 0 Å². The maximum Gasteiger partial charge on any atom is 0.341 e. The molecule has 4 heterocycles. The van der Waals surface area contributed by atoms with Crippen molar-refractivity contribution in [3.05, 3.63) is 63.9 Å². The van der Waals surface area contributed by atoms with Gasteiger partial charge in [-0.05, 0) is 24.6 Å². The zero-order valence-electron chi connectivity index (χ0n) is 17.4. The van der Waals surface area contributed by atoms with Crippen LogP contribution in [0, 0.1) is 24.4 Å². The van der Waals surface area contributed by atoms with Crippen molar-refractivity contribution in [1.29, 1.82) is 0 Å². The number of benzene rings is 1. The number of rotatable bonds is 4. The summed E-state index contributed by atoms with van der Waals surface area (Å²) in [5, 5.41) is 5.29. The standard InChI is InChI=1S/C22H18F3N5O2S/c1-12-21(27-11-33-12)18-7-20(17(25)8-26-18)32-16-9-29(10-16)22(31)30-19(2-3-28-30)13-4-14(23)6-15(24)5-13/h3-8,11,16,19H,2,9-10H2,1H3. The minimum absolute atomic E-state index is 0.0387. The van der Waals surface area contributed by atoms with Crippen molar-refractivity contribution in [2.45, 2.75) is 25.5 Å². The minimum Gasteiger partial charge on any atom is -0.483 e. The maximum absolute atomic E-state index is 14.3. The lowest BCUT2D eigenvalue weighted by Crippen LogP contribution is -2.58. The van der Waals surface area contributed by atoms with E-state index in [1.807, 2.05) is 6.92 Å². The Labute approximate surface area is 191 Å². The quantitative estimate of drug-likeness (QED) is 0.558. The number of carbonyl (C=O) groups is 1. The summed E-state index contributed by atoms with van der Waals surface area (Å²) in [7, 11) is 0. The van der Waals surface area contributed by atoms with Crippen LogP contribution in [0.5, 0.6) is 5.75 Å². The Morgan fingerprint density at radius 1 is 1.12 bits per heavy atom. The molecule has 1 fully saturated rings. The highest BCUT2D eigenvalue weighted by Crippen LogP contribution is 2.32. The van der Waals surface area contributed by atoms with Crippen molar-refractivity contribution in [1.82, 2.24) is 19.9 Å². The summed E-state index contributed by atoms with van der Waals surface area (Å²) in [5.41, 5.74) is 3.20. The highest BCUT2D eigenvalue weighted by Gasteiger charge is 2.39. The first-order valence-corrected chi connectivity index (χ1v) is 11.1. The molecule has 2 aliphatic heterocycles. The molecule has 11 heteroatoms. The van der Waals surface area contributed by atoms with Crippen LogP contribution in [-0.4, -0.2) is 51.3 Å². The number of pyridine rings is 1. The van der Waals surface area contributed by atoms with E-state index in [0.717, 1.165) is 17.1 Å². The number of thiazole rings is 1. The summed E-state index contributed by atoms with van der Waals surface area (Å²) in [5.74, 6) is -1.99. The largest absolute Gasteiger partial charge is 0.483 e. The van der Waals surface area contributed by atoms with Gasteiger partial charge in [0.05, 0.1) is 36.5 Å². The molecular weight excluding hydrogens is 455 g/mol. The molecule has 0 radical (unpaired) electrons. The first-order chi connectivity index (χ1) is 15.9. The molecule has 3 aromatic rings. The van der Waals surface area contributed by atoms with Crippen LogP contribution in [0.4, 0.5) is 18.0 Å². The summed E-state index contributed by atoms with van der Waals surface area (Å²) in [6.45, 7) is 2.35. The highest BCUT2D eigenvalue weighted by molar-refractivity contribution is 7.10. The van der Waals surface area contributed by atoms with Crippen LogP contribution in [0.1, 0.15) is 22.9 Å². The summed E-state index contributed by atoms with van der Waals surface area (Å²) in [6, 6.07) is 3.66. The first-order valence-electron chi connectivity index (χ1n) is 10.2. The number of likely N-dealkylation sites (tertiary alicyclic amines) is 1. The zero-order chi connectivity index (χ0) is 23.1. The van der Waals surface area contributed by atoms with Crippen LogP contribution in [0.15, 0.2) is 41.1 Å². The van der Waals surface area contributed by atoms with Crippen LogP contribution in [0.3, 0.4) is 0 Å². The monoisotopic (exact) mass is 473 g/mol. The smallest absolute Gasteiger partial charge is 0.341 e. The molecule has 5 rings (SSSR count). The van der Waals surface area contributed by atoms with Gasteiger partial charge >= 0.3 is 6.03 Å². The number of nitrogens with zero attached hydrogens (tertiary/aromatic N) is 5. The number of aromatic nitrogens is 2. The normalized spacial score (nSPS) is 18.0. The number of hydrazone groups is 1. The second kappa shape index (κ2) is 8.47. The number of ether oxygens (including phenoxy) is 1. The number of carbonyl (C=O) groups excluding carboxylic acids is 1. The van der Waals surface area contributed by atoms with Gasteiger partial charge in [0, 0.05) is 29.6 Å². The molecule has 170 valence electrons. The van der Waals surface area contributed by atoms with E-state index >= 15 is 0 Å². The van der Waals surface area contributed by atoms with Crippen LogP contribution in [0.2, 0.25) is 0 Å². The topological polar surface area (TPSA) is 70.9 Å². The Morgan fingerprint density at radius 3 is 2.58 bits per heavy atom. The van der Waals surface area contributed by atoms with Gasteiger partial charge in [0.25, 0.3) is 0 Å². The van der Waals surface area contributed by atoms with Gasteiger partial charge in [0.2, 0.25) is 0 Å². The lowest BCUT2D eigenvalue weighted by molar-refractivity contribution is 0.0256.